The van der Waals surface area contributed by atoms with E-state index in [1.165, 1.54) is 0 Å². The number of nitrogens with one attached hydrogen (secondary N) is 2. The van der Waals surface area contributed by atoms with Crippen LogP contribution < -0.4 is 25.0 Å². The number of fused-ring (bicyclic) bond motifs is 1. The van der Waals surface area contributed by atoms with Crippen LogP contribution in [0.1, 0.15) is 35.3 Å². The first-order valence-corrected chi connectivity index (χ1v) is 11.3. The predicted molar refractivity (Wildman–Crippen MR) is 134 cm³/mol. The summed E-state index contributed by atoms with van der Waals surface area (Å²) in [7, 11) is 0. The molecule has 0 saturated carbocycles. The number of hydrogen-bond acceptors (Lipinski definition) is 6. The molecule has 1 heterocycles. The summed E-state index contributed by atoms with van der Waals surface area (Å²) < 4.78 is 16.3. The second-order valence-electron chi connectivity index (χ2n) is 7.97. The highest BCUT2D eigenvalue weighted by Crippen LogP contribution is 2.32. The van der Waals surface area contributed by atoms with Gasteiger partial charge in [-0.1, -0.05) is 29.8 Å². The monoisotopic (exact) mass is 493 g/mol. The molecule has 0 aliphatic carbocycles. The minimum Gasteiger partial charge on any atom is -0.479 e. The molecule has 35 heavy (non-hydrogen) atoms. The summed E-state index contributed by atoms with van der Waals surface area (Å²) in [6.45, 7) is 5.46. The molecule has 0 spiro atoms. The molecule has 0 saturated heterocycles. The highest BCUT2D eigenvalue weighted by molar-refractivity contribution is 6.32. The van der Waals surface area contributed by atoms with Gasteiger partial charge in [0, 0.05) is 11.3 Å². The maximum atomic E-state index is 12.6. The Kier molecular flexibility index (Phi) is 7.22. The molecule has 0 bridgehead atoms. The molecular formula is C26H24ClN3O5. The topological polar surface area (TPSA) is 98.3 Å². The molecule has 9 heteroatoms. The Morgan fingerprint density at radius 3 is 2.63 bits per heavy atom. The fraction of sp³-hybridized carbons (Fsp3) is 0.192. The van der Waals surface area contributed by atoms with Crippen molar-refractivity contribution in [1.29, 1.82) is 0 Å². The van der Waals surface area contributed by atoms with Crippen LogP contribution >= 0.6 is 11.6 Å². The fourth-order valence-electron chi connectivity index (χ4n) is 3.31. The molecule has 0 radical (unpaired) electrons. The van der Waals surface area contributed by atoms with E-state index in [1.54, 1.807) is 62.4 Å². The maximum Gasteiger partial charge on any atom is 0.271 e. The van der Waals surface area contributed by atoms with E-state index in [0.29, 0.717) is 39.2 Å². The Bertz CT molecular complexity index is 1310. The first-order valence-electron chi connectivity index (χ1n) is 10.9. The normalized spacial score (nSPS) is 13.2. The van der Waals surface area contributed by atoms with Crippen molar-refractivity contribution in [3.05, 3.63) is 82.4 Å². The fourth-order valence-corrected chi connectivity index (χ4v) is 3.59. The summed E-state index contributed by atoms with van der Waals surface area (Å²) in [5, 5.41) is 7.46. The van der Waals surface area contributed by atoms with Gasteiger partial charge >= 0.3 is 0 Å². The van der Waals surface area contributed by atoms with Gasteiger partial charge in [0.25, 0.3) is 11.8 Å². The molecule has 2 amide bonds. The number of ether oxygens (including phenoxy) is 3. The number of halogens is 1. The summed E-state index contributed by atoms with van der Waals surface area (Å²) in [5.74, 6) is 0.846. The SMILES string of the molecule is C/C(=N/NC(=O)c1ccc2c(c1)OCO2)c1cccc(NC(=O)[C@@H](C)Oc2ccc(C)cc2Cl)c1. The summed E-state index contributed by atoms with van der Waals surface area (Å²) in [5.41, 5.74) is 5.79. The Labute approximate surface area is 207 Å². The number of amides is 2. The highest BCUT2D eigenvalue weighted by atomic mass is 35.5. The van der Waals surface area contributed by atoms with E-state index >= 15 is 0 Å². The van der Waals surface area contributed by atoms with Crippen LogP contribution in [0.15, 0.2) is 65.8 Å². The number of benzene rings is 3. The van der Waals surface area contributed by atoms with Crippen molar-refractivity contribution in [1.82, 2.24) is 5.43 Å². The molecule has 3 aromatic carbocycles. The smallest absolute Gasteiger partial charge is 0.271 e. The van der Waals surface area contributed by atoms with Crippen molar-refractivity contribution in [2.24, 2.45) is 5.10 Å². The van der Waals surface area contributed by atoms with Crippen LogP contribution in [0.4, 0.5) is 5.69 Å². The molecule has 1 atom stereocenters. The molecule has 2 N–H and O–H groups in total. The largest absolute Gasteiger partial charge is 0.479 e. The van der Waals surface area contributed by atoms with Crippen LogP contribution in [0.5, 0.6) is 17.2 Å². The van der Waals surface area contributed by atoms with Crippen molar-refractivity contribution in [2.45, 2.75) is 26.9 Å². The van der Waals surface area contributed by atoms with Crippen molar-refractivity contribution < 1.29 is 23.8 Å². The van der Waals surface area contributed by atoms with Crippen molar-refractivity contribution in [3.8, 4) is 17.2 Å². The Balaban J connectivity index is 1.38. The Hall–Kier alpha value is -4.04. The molecule has 3 aromatic rings. The van der Waals surface area contributed by atoms with Crippen LogP contribution in [0, 0.1) is 6.92 Å². The minimum absolute atomic E-state index is 0.134. The number of anilines is 1. The molecule has 180 valence electrons. The van der Waals surface area contributed by atoms with Gasteiger partial charge in [0.15, 0.2) is 17.6 Å². The lowest BCUT2D eigenvalue weighted by Gasteiger charge is -2.16. The van der Waals surface area contributed by atoms with E-state index in [1.807, 2.05) is 19.1 Å². The summed E-state index contributed by atoms with van der Waals surface area (Å²) in [4.78, 5) is 25.1. The standard InChI is InChI=1S/C26H24ClN3O5/c1-15-7-9-22(21(27)11-15)35-17(3)25(31)28-20-6-4-5-18(12-20)16(2)29-30-26(32)19-8-10-23-24(13-19)34-14-33-23/h4-13,17H,14H2,1-3H3,(H,28,31)(H,30,32)/b29-16-/t17-/m1/s1. The van der Waals surface area contributed by atoms with Gasteiger partial charge in [-0.3, -0.25) is 9.59 Å². The number of carbonyl (C=O) groups is 2. The number of nitrogens with zero attached hydrogens (tertiary/aromatic N) is 1. The minimum atomic E-state index is -0.769. The molecule has 8 nitrogen and oxygen atoms in total. The average Bonchev–Trinajstić information content (AvgIpc) is 3.32. The van der Waals surface area contributed by atoms with E-state index < -0.39 is 6.10 Å². The molecule has 0 unspecified atom stereocenters. The molecule has 1 aliphatic rings. The van der Waals surface area contributed by atoms with Gasteiger partial charge in [-0.25, -0.2) is 5.43 Å². The van der Waals surface area contributed by atoms with E-state index in [-0.39, 0.29) is 18.6 Å². The summed E-state index contributed by atoms with van der Waals surface area (Å²) >= 11 is 6.20. The predicted octanol–water partition coefficient (Wildman–Crippen LogP) is 4.94. The third kappa shape index (κ3) is 5.91. The van der Waals surface area contributed by atoms with Gasteiger partial charge in [0.1, 0.15) is 5.75 Å². The molecule has 0 aromatic heterocycles. The zero-order valence-corrected chi connectivity index (χ0v) is 20.2. The first-order chi connectivity index (χ1) is 16.8. The van der Waals surface area contributed by atoms with Crippen LogP contribution in [0.2, 0.25) is 5.02 Å². The van der Waals surface area contributed by atoms with Gasteiger partial charge in [0.2, 0.25) is 6.79 Å². The van der Waals surface area contributed by atoms with E-state index in [0.717, 1.165) is 11.1 Å². The van der Waals surface area contributed by atoms with Crippen molar-refractivity contribution >= 4 is 34.8 Å². The molecule has 0 fully saturated rings. The second-order valence-corrected chi connectivity index (χ2v) is 8.38. The van der Waals surface area contributed by atoms with Crippen molar-refractivity contribution in [3.63, 3.8) is 0 Å². The van der Waals surface area contributed by atoms with Crippen LogP contribution in [0.25, 0.3) is 0 Å². The third-order valence-corrected chi connectivity index (χ3v) is 5.56. The van der Waals surface area contributed by atoms with E-state index in [9.17, 15) is 9.59 Å². The van der Waals surface area contributed by atoms with Crippen molar-refractivity contribution in [2.75, 3.05) is 12.1 Å². The maximum absolute atomic E-state index is 12.6. The first kappa shape index (κ1) is 24.1. The second kappa shape index (κ2) is 10.5. The lowest BCUT2D eigenvalue weighted by atomic mass is 10.1. The highest BCUT2D eigenvalue weighted by Gasteiger charge is 2.18. The number of aryl methyl sites for hydroxylation is 1. The number of carbonyl (C=O) groups excluding carboxylic acids is 2. The number of hydrazone groups is 1. The quantitative estimate of drug-likeness (QED) is 0.359. The summed E-state index contributed by atoms with van der Waals surface area (Å²) in [6.07, 6.45) is -0.769. The average molecular weight is 494 g/mol. The number of hydrogen-bond donors (Lipinski definition) is 2. The zero-order chi connectivity index (χ0) is 24.9. The van der Waals surface area contributed by atoms with Gasteiger partial charge in [-0.15, -0.1) is 0 Å². The van der Waals surface area contributed by atoms with Crippen LogP contribution in [-0.4, -0.2) is 30.4 Å². The Morgan fingerprint density at radius 2 is 1.83 bits per heavy atom. The molecule has 4 rings (SSSR count). The van der Waals surface area contributed by atoms with Crippen LogP contribution in [-0.2, 0) is 4.79 Å². The summed E-state index contributed by atoms with van der Waals surface area (Å²) in [6, 6.07) is 17.4. The third-order valence-electron chi connectivity index (χ3n) is 5.27. The Morgan fingerprint density at radius 1 is 1.03 bits per heavy atom. The lowest BCUT2D eigenvalue weighted by Crippen LogP contribution is -2.30. The zero-order valence-electron chi connectivity index (χ0n) is 19.4. The lowest BCUT2D eigenvalue weighted by molar-refractivity contribution is -0.122. The van der Waals surface area contributed by atoms with E-state index in [4.69, 9.17) is 25.8 Å². The van der Waals surface area contributed by atoms with Crippen LogP contribution in [0.3, 0.4) is 0 Å². The van der Waals surface area contributed by atoms with Gasteiger partial charge in [-0.05, 0) is 74.4 Å². The molecule has 1 aliphatic heterocycles. The van der Waals surface area contributed by atoms with Gasteiger partial charge in [0.05, 0.1) is 10.7 Å². The number of rotatable bonds is 7. The van der Waals surface area contributed by atoms with E-state index in [2.05, 4.69) is 15.8 Å². The van der Waals surface area contributed by atoms with Gasteiger partial charge < -0.3 is 19.5 Å². The molecular weight excluding hydrogens is 470 g/mol. The van der Waals surface area contributed by atoms with Gasteiger partial charge in [-0.2, -0.15) is 5.10 Å².